The molecule has 0 aromatic heterocycles. The number of alkyl halides is 6. The lowest BCUT2D eigenvalue weighted by Gasteiger charge is -2.19. The fraction of sp³-hybridized carbons (Fsp3) is 0.417. The summed E-state index contributed by atoms with van der Waals surface area (Å²) in [5.74, 6) is -1.36. The Morgan fingerprint density at radius 3 is 1.81 bits per heavy atom. The Balaban J connectivity index is 2.63. The molecule has 1 aromatic rings. The van der Waals surface area contributed by atoms with Gasteiger partial charge in [-0.3, -0.25) is 4.79 Å². The van der Waals surface area contributed by atoms with E-state index in [-0.39, 0.29) is 6.04 Å². The molecule has 0 heterocycles. The number of rotatable bonds is 2. The van der Waals surface area contributed by atoms with Crippen LogP contribution in [0.15, 0.2) is 16.6 Å². The molecular formula is C12H8BrF6NO. The highest BCUT2D eigenvalue weighted by atomic mass is 79.9. The number of halogens is 7. The number of benzene rings is 1. The average Bonchev–Trinajstić information content (AvgIpc) is 3.09. The average molecular weight is 376 g/mol. The third-order valence-electron chi connectivity index (χ3n) is 2.85. The summed E-state index contributed by atoms with van der Waals surface area (Å²) in [7, 11) is 0. The number of carbonyl (C=O) groups is 1. The Kier molecular flexibility index (Phi) is 3.98. The first kappa shape index (κ1) is 16.1. The molecule has 0 saturated heterocycles. The summed E-state index contributed by atoms with van der Waals surface area (Å²) in [6.07, 6.45) is -9.05. The number of hydrogen-bond donors (Lipinski definition) is 1. The van der Waals surface area contributed by atoms with Gasteiger partial charge in [0.15, 0.2) is 0 Å². The second-order valence-electron chi connectivity index (χ2n) is 4.62. The molecule has 1 N–H and O–H groups in total. The smallest absolute Gasteiger partial charge is 0.349 e. The molecule has 0 radical (unpaired) electrons. The fourth-order valence-electron chi connectivity index (χ4n) is 1.78. The van der Waals surface area contributed by atoms with Gasteiger partial charge < -0.3 is 5.32 Å². The summed E-state index contributed by atoms with van der Waals surface area (Å²) in [5.41, 5.74) is -4.60. The molecular weight excluding hydrogens is 368 g/mol. The molecule has 116 valence electrons. The van der Waals surface area contributed by atoms with Gasteiger partial charge in [0.25, 0.3) is 5.91 Å². The largest absolute Gasteiger partial charge is 0.417 e. The zero-order valence-corrected chi connectivity index (χ0v) is 11.8. The molecule has 9 heteroatoms. The second-order valence-corrected chi connectivity index (χ2v) is 5.53. The van der Waals surface area contributed by atoms with Gasteiger partial charge in [-0.2, -0.15) is 26.3 Å². The summed E-state index contributed by atoms with van der Waals surface area (Å²) in [6.45, 7) is 0. The molecule has 2 nitrogen and oxygen atoms in total. The topological polar surface area (TPSA) is 29.1 Å². The van der Waals surface area contributed by atoms with Gasteiger partial charge in [-0.25, -0.2) is 0 Å². The lowest BCUT2D eigenvalue weighted by atomic mass is 9.99. The van der Waals surface area contributed by atoms with Crippen molar-refractivity contribution >= 4 is 21.8 Å². The van der Waals surface area contributed by atoms with Crippen LogP contribution < -0.4 is 5.32 Å². The van der Waals surface area contributed by atoms with E-state index >= 15 is 0 Å². The number of carbonyl (C=O) groups excluding carboxylic acids is 1. The number of nitrogens with one attached hydrogen (secondary N) is 1. The Hall–Kier alpha value is -1.25. The summed E-state index contributed by atoms with van der Waals surface area (Å²) in [6, 6.07) is 0.581. The van der Waals surface area contributed by atoms with Crippen LogP contribution in [0.1, 0.15) is 34.3 Å². The van der Waals surface area contributed by atoms with Crippen molar-refractivity contribution in [2.24, 2.45) is 0 Å². The van der Waals surface area contributed by atoms with E-state index in [0.717, 1.165) is 0 Å². The molecule has 0 spiro atoms. The third-order valence-corrected chi connectivity index (χ3v) is 3.31. The predicted molar refractivity (Wildman–Crippen MR) is 64.6 cm³/mol. The van der Waals surface area contributed by atoms with Crippen LogP contribution in [0.4, 0.5) is 26.3 Å². The Morgan fingerprint density at radius 1 is 1.05 bits per heavy atom. The maximum Gasteiger partial charge on any atom is 0.417 e. The first-order valence-corrected chi connectivity index (χ1v) is 6.58. The molecule has 0 bridgehead atoms. The summed E-state index contributed by atoms with van der Waals surface area (Å²) < 4.78 is 77.3. The molecule has 1 saturated carbocycles. The van der Waals surface area contributed by atoms with E-state index in [2.05, 4.69) is 21.2 Å². The lowest BCUT2D eigenvalue weighted by Crippen LogP contribution is -2.31. The van der Waals surface area contributed by atoms with Crippen LogP contribution in [-0.2, 0) is 12.4 Å². The molecule has 1 amide bonds. The minimum Gasteiger partial charge on any atom is -0.349 e. The van der Waals surface area contributed by atoms with Crippen molar-refractivity contribution in [2.75, 3.05) is 0 Å². The van der Waals surface area contributed by atoms with Gasteiger partial charge in [-0.05, 0) is 25.0 Å². The molecule has 1 aliphatic rings. The highest BCUT2D eigenvalue weighted by Crippen LogP contribution is 2.41. The maximum atomic E-state index is 12.9. The normalized spacial score (nSPS) is 16.0. The van der Waals surface area contributed by atoms with E-state index in [1.165, 1.54) is 0 Å². The van der Waals surface area contributed by atoms with Gasteiger partial charge in [0.2, 0.25) is 0 Å². The highest BCUT2D eigenvalue weighted by Gasteiger charge is 2.44. The SMILES string of the molecule is O=C(NC1CC1)c1c(C(F)(F)F)cc(Br)cc1C(F)(F)F. The third kappa shape index (κ3) is 3.69. The van der Waals surface area contributed by atoms with Gasteiger partial charge in [-0.15, -0.1) is 0 Å². The zero-order valence-electron chi connectivity index (χ0n) is 10.2. The molecule has 0 unspecified atom stereocenters. The Morgan fingerprint density at radius 2 is 1.48 bits per heavy atom. The molecule has 1 aliphatic carbocycles. The van der Waals surface area contributed by atoms with E-state index in [1.54, 1.807) is 0 Å². The quantitative estimate of drug-likeness (QED) is 0.763. The van der Waals surface area contributed by atoms with Crippen molar-refractivity contribution in [3.8, 4) is 0 Å². The molecule has 0 atom stereocenters. The van der Waals surface area contributed by atoms with Crippen molar-refractivity contribution in [1.29, 1.82) is 0 Å². The number of hydrogen-bond acceptors (Lipinski definition) is 1. The van der Waals surface area contributed by atoms with E-state index in [0.29, 0.717) is 25.0 Å². The molecule has 1 aromatic carbocycles. The lowest BCUT2D eigenvalue weighted by molar-refractivity contribution is -0.143. The predicted octanol–water partition coefficient (Wildman–Crippen LogP) is 4.38. The fourth-order valence-corrected chi connectivity index (χ4v) is 2.24. The highest BCUT2D eigenvalue weighted by molar-refractivity contribution is 9.10. The number of amides is 1. The van der Waals surface area contributed by atoms with Crippen molar-refractivity contribution in [1.82, 2.24) is 5.32 Å². The van der Waals surface area contributed by atoms with Gasteiger partial charge >= 0.3 is 12.4 Å². The monoisotopic (exact) mass is 375 g/mol. The molecule has 0 aliphatic heterocycles. The first-order valence-electron chi connectivity index (χ1n) is 5.79. The van der Waals surface area contributed by atoms with E-state index in [9.17, 15) is 31.1 Å². The summed E-state index contributed by atoms with van der Waals surface area (Å²) in [4.78, 5) is 11.8. The van der Waals surface area contributed by atoms with Gasteiger partial charge in [-0.1, -0.05) is 15.9 Å². The van der Waals surface area contributed by atoms with Crippen LogP contribution in [0.25, 0.3) is 0 Å². The maximum absolute atomic E-state index is 12.9. The Labute approximate surface area is 123 Å². The first-order chi connectivity index (χ1) is 9.50. The van der Waals surface area contributed by atoms with Crippen LogP contribution >= 0.6 is 15.9 Å². The van der Waals surface area contributed by atoms with Crippen molar-refractivity contribution in [3.63, 3.8) is 0 Å². The van der Waals surface area contributed by atoms with Gasteiger partial charge in [0.1, 0.15) is 0 Å². The summed E-state index contributed by atoms with van der Waals surface area (Å²) >= 11 is 2.61. The zero-order chi connectivity index (χ0) is 16.0. The van der Waals surface area contributed by atoms with Crippen LogP contribution in [-0.4, -0.2) is 11.9 Å². The minimum atomic E-state index is -5.07. The van der Waals surface area contributed by atoms with Crippen molar-refractivity contribution in [3.05, 3.63) is 33.3 Å². The van der Waals surface area contributed by atoms with Crippen LogP contribution in [0.5, 0.6) is 0 Å². The van der Waals surface area contributed by atoms with Crippen molar-refractivity contribution < 1.29 is 31.1 Å². The molecule has 21 heavy (non-hydrogen) atoms. The van der Waals surface area contributed by atoms with E-state index in [1.807, 2.05) is 0 Å². The molecule has 2 rings (SSSR count). The van der Waals surface area contributed by atoms with Crippen LogP contribution in [0.3, 0.4) is 0 Å². The van der Waals surface area contributed by atoms with Gasteiger partial charge in [0, 0.05) is 10.5 Å². The van der Waals surface area contributed by atoms with Crippen molar-refractivity contribution in [2.45, 2.75) is 31.2 Å². The minimum absolute atomic E-state index is 0.358. The standard InChI is InChI=1S/C12H8BrF6NO/c13-5-3-7(11(14,15)16)9(8(4-5)12(17,18)19)10(21)20-6-1-2-6/h3-4,6H,1-2H2,(H,20,21). The Bertz CT molecular complexity index is 541. The van der Waals surface area contributed by atoms with Crippen LogP contribution in [0, 0.1) is 0 Å². The van der Waals surface area contributed by atoms with E-state index in [4.69, 9.17) is 0 Å². The van der Waals surface area contributed by atoms with Crippen LogP contribution in [0.2, 0.25) is 0 Å². The van der Waals surface area contributed by atoms with E-state index < -0.39 is 39.4 Å². The molecule has 1 fully saturated rings. The second kappa shape index (κ2) is 5.19. The summed E-state index contributed by atoms with van der Waals surface area (Å²) in [5, 5.41) is 2.16. The van der Waals surface area contributed by atoms with Gasteiger partial charge in [0.05, 0.1) is 16.7 Å².